The van der Waals surface area contributed by atoms with Crippen LogP contribution < -0.4 is 11.1 Å². The number of hydrogen-bond acceptors (Lipinski definition) is 3. The van der Waals surface area contributed by atoms with Gasteiger partial charge in [-0.2, -0.15) is 26.3 Å². The molecule has 1 aromatic carbocycles. The van der Waals surface area contributed by atoms with Crippen LogP contribution in [0.15, 0.2) is 12.1 Å². The van der Waals surface area contributed by atoms with Crippen molar-refractivity contribution in [2.24, 2.45) is 0 Å². The number of carbonyl (C=O) groups is 2. The van der Waals surface area contributed by atoms with Crippen molar-refractivity contribution in [1.29, 1.82) is 0 Å². The molecule has 0 bridgehead atoms. The Morgan fingerprint density at radius 1 is 1.12 bits per heavy atom. The number of hydrogen-bond donors (Lipinski definition) is 3. The van der Waals surface area contributed by atoms with E-state index in [-0.39, 0.29) is 0 Å². The molecule has 0 aliphatic carbocycles. The Bertz CT molecular complexity index is 619. The van der Waals surface area contributed by atoms with E-state index in [1.165, 1.54) is 0 Å². The maximum Gasteiger partial charge on any atom is 0.418 e. The molecule has 1 atom stereocenters. The maximum absolute atomic E-state index is 12.9. The summed E-state index contributed by atoms with van der Waals surface area (Å²) in [5.41, 5.74) is -0.550. The molecule has 134 valence electrons. The van der Waals surface area contributed by atoms with Crippen molar-refractivity contribution >= 4 is 17.6 Å². The molecule has 0 radical (unpaired) electrons. The predicted molar refractivity (Wildman–Crippen MR) is 69.8 cm³/mol. The smallest absolute Gasteiger partial charge is 0.418 e. The Kier molecular flexibility index (Phi) is 5.36. The number of amides is 1. The van der Waals surface area contributed by atoms with Gasteiger partial charge in [-0.25, -0.2) is 4.79 Å². The molecule has 11 heteroatoms. The van der Waals surface area contributed by atoms with Gasteiger partial charge in [0.2, 0.25) is 5.91 Å². The van der Waals surface area contributed by atoms with Crippen LogP contribution in [0.4, 0.5) is 32.0 Å². The minimum absolute atomic E-state index is 0.336. The lowest BCUT2D eigenvalue weighted by Gasteiger charge is -2.19. The number of nitrogens with one attached hydrogen (secondary N) is 1. The van der Waals surface area contributed by atoms with Crippen molar-refractivity contribution < 1.29 is 41.0 Å². The topological polar surface area (TPSA) is 92.4 Å². The van der Waals surface area contributed by atoms with E-state index in [2.05, 4.69) is 0 Å². The van der Waals surface area contributed by atoms with Gasteiger partial charge in [0, 0.05) is 13.3 Å². The summed E-state index contributed by atoms with van der Waals surface area (Å²) in [5.74, 6) is -2.41. The third-order valence-electron chi connectivity index (χ3n) is 2.97. The summed E-state index contributed by atoms with van der Waals surface area (Å²) in [5, 5.41) is 10.8. The molecule has 24 heavy (non-hydrogen) atoms. The molecule has 1 rings (SSSR count). The molecule has 0 fully saturated rings. The fourth-order valence-electron chi connectivity index (χ4n) is 1.98. The summed E-state index contributed by atoms with van der Waals surface area (Å²) in [4.78, 5) is 21.9. The first-order valence-corrected chi connectivity index (χ1v) is 6.30. The Morgan fingerprint density at radius 2 is 1.54 bits per heavy atom. The molecular weight excluding hydrogens is 346 g/mol. The van der Waals surface area contributed by atoms with Gasteiger partial charge < -0.3 is 16.2 Å². The van der Waals surface area contributed by atoms with E-state index in [1.54, 1.807) is 0 Å². The van der Waals surface area contributed by atoms with Crippen LogP contribution in [0.2, 0.25) is 0 Å². The minimum atomic E-state index is -5.16. The number of carboxylic acid groups (broad SMARTS) is 1. The molecule has 0 saturated carbocycles. The monoisotopic (exact) mass is 358 g/mol. The Labute approximate surface area is 131 Å². The molecule has 0 spiro atoms. The lowest BCUT2D eigenvalue weighted by atomic mass is 9.97. The number of aliphatic carboxylic acids is 1. The van der Waals surface area contributed by atoms with E-state index in [4.69, 9.17) is 10.8 Å². The van der Waals surface area contributed by atoms with Gasteiger partial charge in [0.1, 0.15) is 6.04 Å². The third-order valence-corrected chi connectivity index (χ3v) is 2.97. The zero-order valence-electron chi connectivity index (χ0n) is 12.0. The van der Waals surface area contributed by atoms with Crippen LogP contribution in [-0.4, -0.2) is 23.0 Å². The highest BCUT2D eigenvalue weighted by Gasteiger charge is 2.41. The maximum atomic E-state index is 12.9. The molecule has 5 nitrogen and oxygen atoms in total. The van der Waals surface area contributed by atoms with Gasteiger partial charge in [0.15, 0.2) is 0 Å². The third kappa shape index (κ3) is 4.77. The van der Waals surface area contributed by atoms with Gasteiger partial charge >= 0.3 is 18.3 Å². The van der Waals surface area contributed by atoms with Crippen LogP contribution in [0.3, 0.4) is 0 Å². The second kappa shape index (κ2) is 6.57. The predicted octanol–water partition coefficient (Wildman–Crippen LogP) is 2.44. The SMILES string of the molecule is CC(=O)NC(Cc1cc(C(F)(F)F)c(N)c(C(F)(F)F)c1)C(=O)O. The van der Waals surface area contributed by atoms with Gasteiger partial charge in [-0.15, -0.1) is 0 Å². The van der Waals surface area contributed by atoms with Gasteiger partial charge in [0.25, 0.3) is 0 Å². The van der Waals surface area contributed by atoms with Crippen molar-refractivity contribution in [1.82, 2.24) is 5.32 Å². The number of anilines is 1. The fraction of sp³-hybridized carbons (Fsp3) is 0.385. The van der Waals surface area contributed by atoms with Crippen molar-refractivity contribution in [3.63, 3.8) is 0 Å². The average molecular weight is 358 g/mol. The van der Waals surface area contributed by atoms with Crippen LogP contribution in [0, 0.1) is 0 Å². The quantitative estimate of drug-likeness (QED) is 0.569. The average Bonchev–Trinajstić information content (AvgIpc) is 2.36. The first-order valence-electron chi connectivity index (χ1n) is 6.30. The first kappa shape index (κ1) is 19.6. The van der Waals surface area contributed by atoms with Gasteiger partial charge in [-0.3, -0.25) is 4.79 Å². The number of nitrogens with two attached hydrogens (primary N) is 1. The normalized spacial score (nSPS) is 13.5. The number of nitrogen functional groups attached to an aromatic ring is 1. The lowest BCUT2D eigenvalue weighted by Crippen LogP contribution is -2.41. The van der Waals surface area contributed by atoms with Crippen LogP contribution >= 0.6 is 0 Å². The zero-order valence-corrected chi connectivity index (χ0v) is 12.0. The van der Waals surface area contributed by atoms with E-state index in [9.17, 15) is 35.9 Å². The summed E-state index contributed by atoms with van der Waals surface area (Å²) in [6.45, 7) is 0.960. The molecule has 1 aromatic rings. The van der Waals surface area contributed by atoms with Gasteiger partial charge in [-0.05, 0) is 17.7 Å². The van der Waals surface area contributed by atoms with Crippen LogP contribution in [0.25, 0.3) is 0 Å². The zero-order chi connectivity index (χ0) is 18.9. The van der Waals surface area contributed by atoms with Gasteiger partial charge in [-0.1, -0.05) is 0 Å². The summed E-state index contributed by atoms with van der Waals surface area (Å²) >= 11 is 0. The molecular formula is C13H12F6N2O3. The lowest BCUT2D eigenvalue weighted by molar-refractivity contribution is -0.141. The molecule has 1 amide bonds. The molecule has 0 aromatic heterocycles. The molecule has 0 aliphatic heterocycles. The van der Waals surface area contributed by atoms with E-state index < -0.39 is 59.1 Å². The second-order valence-corrected chi connectivity index (χ2v) is 4.90. The number of halogens is 6. The standard InChI is InChI=1S/C13H12F6N2O3/c1-5(22)21-9(11(23)24)4-6-2-7(12(14,15)16)10(20)8(3-6)13(17,18)19/h2-3,9H,4,20H2,1H3,(H,21,22)(H,23,24). The number of carbonyl (C=O) groups excluding carboxylic acids is 1. The summed E-state index contributed by atoms with van der Waals surface area (Å²) in [6.07, 6.45) is -11.1. The highest BCUT2D eigenvalue weighted by atomic mass is 19.4. The Hall–Kier alpha value is -2.46. The van der Waals surface area contributed by atoms with Gasteiger partial charge in [0.05, 0.1) is 16.8 Å². The van der Waals surface area contributed by atoms with Crippen LogP contribution in [-0.2, 0) is 28.4 Å². The summed E-state index contributed by atoms with van der Waals surface area (Å²) in [7, 11) is 0. The van der Waals surface area contributed by atoms with Crippen molar-refractivity contribution in [2.45, 2.75) is 31.7 Å². The fourth-order valence-corrected chi connectivity index (χ4v) is 1.98. The Morgan fingerprint density at radius 3 is 1.83 bits per heavy atom. The number of rotatable bonds is 4. The highest BCUT2D eigenvalue weighted by molar-refractivity contribution is 5.82. The van der Waals surface area contributed by atoms with Crippen LogP contribution in [0.5, 0.6) is 0 Å². The molecule has 1 unspecified atom stereocenters. The van der Waals surface area contributed by atoms with E-state index >= 15 is 0 Å². The summed E-state index contributed by atoms with van der Waals surface area (Å²) < 4.78 is 77.2. The molecule has 0 heterocycles. The molecule has 4 N–H and O–H groups in total. The van der Waals surface area contributed by atoms with Crippen molar-refractivity contribution in [2.75, 3.05) is 5.73 Å². The molecule has 0 saturated heterocycles. The van der Waals surface area contributed by atoms with E-state index in [0.29, 0.717) is 12.1 Å². The van der Waals surface area contributed by atoms with Crippen molar-refractivity contribution in [3.8, 4) is 0 Å². The van der Waals surface area contributed by atoms with E-state index in [1.807, 2.05) is 5.32 Å². The number of alkyl halides is 6. The molecule has 0 aliphatic rings. The number of carboxylic acids is 1. The Balaban J connectivity index is 3.43. The second-order valence-electron chi connectivity index (χ2n) is 4.90. The van der Waals surface area contributed by atoms with Crippen molar-refractivity contribution in [3.05, 3.63) is 28.8 Å². The first-order chi connectivity index (χ1) is 10.7. The highest BCUT2D eigenvalue weighted by Crippen LogP contribution is 2.42. The summed E-state index contributed by atoms with van der Waals surface area (Å²) in [6, 6.07) is -1.02. The number of benzene rings is 1. The minimum Gasteiger partial charge on any atom is -0.480 e. The largest absolute Gasteiger partial charge is 0.480 e. The van der Waals surface area contributed by atoms with E-state index in [0.717, 1.165) is 6.92 Å². The van der Waals surface area contributed by atoms with Crippen LogP contribution in [0.1, 0.15) is 23.6 Å².